The fourth-order valence-corrected chi connectivity index (χ4v) is 8.56. The smallest absolute Gasteiger partial charge is 0.0641 e. The highest BCUT2D eigenvalue weighted by Crippen LogP contribution is 2.44. The summed E-state index contributed by atoms with van der Waals surface area (Å²) >= 11 is 1.87. The third-order valence-corrected chi connectivity index (χ3v) is 10.4. The van der Waals surface area contributed by atoms with Gasteiger partial charge < -0.3 is 9.13 Å². The summed E-state index contributed by atoms with van der Waals surface area (Å²) in [6.45, 7) is 0. The molecule has 3 aromatic heterocycles. The summed E-state index contributed by atoms with van der Waals surface area (Å²) in [5.41, 5.74) is 9.72. The lowest BCUT2D eigenvalue weighted by Crippen LogP contribution is -1.96. The van der Waals surface area contributed by atoms with Gasteiger partial charge in [0.1, 0.15) is 0 Å². The summed E-state index contributed by atoms with van der Waals surface area (Å²) in [5.74, 6) is 0. The van der Waals surface area contributed by atoms with Gasteiger partial charge in [-0.3, -0.25) is 0 Å². The summed E-state index contributed by atoms with van der Waals surface area (Å²) < 4.78 is 7.61. The summed E-state index contributed by atoms with van der Waals surface area (Å²) in [5, 5.41) is 7.70. The average Bonchev–Trinajstić information content (AvgIpc) is 3.76. The zero-order valence-corrected chi connectivity index (χ0v) is 25.1. The van der Waals surface area contributed by atoms with Gasteiger partial charge in [-0.15, -0.1) is 11.3 Å². The molecule has 2 nitrogen and oxygen atoms in total. The Morgan fingerprint density at radius 1 is 0.378 bits per heavy atom. The molecule has 3 heteroatoms. The third kappa shape index (κ3) is 3.50. The van der Waals surface area contributed by atoms with Crippen LogP contribution >= 0.6 is 11.3 Å². The Morgan fingerprint density at radius 3 is 1.91 bits per heavy atom. The standard InChI is InChI=1S/C42H26N2S/c1-2-12-27(13-3-1)28-14-10-15-29(26-28)43-34-19-7-4-16-30(34)31-24-25-37-41(42(31)43)32-17-5-8-20-35(32)44(37)36-21-11-23-39-40(36)33-18-6-9-22-38(33)45-39/h1-26H. The molecule has 0 saturated heterocycles. The van der Waals surface area contributed by atoms with Gasteiger partial charge in [0.25, 0.3) is 0 Å². The molecule has 0 spiro atoms. The summed E-state index contributed by atoms with van der Waals surface area (Å²) in [6, 6.07) is 57.6. The van der Waals surface area contributed by atoms with Crippen LogP contribution in [-0.4, -0.2) is 9.13 Å². The molecule has 45 heavy (non-hydrogen) atoms. The van der Waals surface area contributed by atoms with Gasteiger partial charge >= 0.3 is 0 Å². The van der Waals surface area contributed by atoms with Gasteiger partial charge in [-0.2, -0.15) is 0 Å². The van der Waals surface area contributed by atoms with Gasteiger partial charge in [-0.25, -0.2) is 0 Å². The largest absolute Gasteiger partial charge is 0.309 e. The second-order valence-electron chi connectivity index (χ2n) is 11.7. The van der Waals surface area contributed by atoms with Crippen LogP contribution in [0.1, 0.15) is 0 Å². The molecule has 0 bridgehead atoms. The number of hydrogen-bond donors (Lipinski definition) is 0. The Balaban J connectivity index is 1.37. The number of benzene rings is 7. The highest BCUT2D eigenvalue weighted by Gasteiger charge is 2.22. The Kier molecular flexibility index (Phi) is 5.19. The molecule has 0 aliphatic heterocycles. The number of aromatic nitrogens is 2. The number of hydrogen-bond acceptors (Lipinski definition) is 1. The zero-order valence-electron chi connectivity index (χ0n) is 24.3. The first-order valence-corrected chi connectivity index (χ1v) is 16.2. The van der Waals surface area contributed by atoms with Crippen LogP contribution in [0.5, 0.6) is 0 Å². The van der Waals surface area contributed by atoms with Crippen LogP contribution in [0.15, 0.2) is 158 Å². The normalized spacial score (nSPS) is 12.0. The van der Waals surface area contributed by atoms with E-state index in [1.165, 1.54) is 80.6 Å². The van der Waals surface area contributed by atoms with E-state index in [0.29, 0.717) is 0 Å². The minimum atomic E-state index is 1.16. The van der Waals surface area contributed by atoms with E-state index in [1.54, 1.807) is 0 Å². The van der Waals surface area contributed by atoms with E-state index in [-0.39, 0.29) is 0 Å². The van der Waals surface area contributed by atoms with E-state index < -0.39 is 0 Å². The molecule has 0 aliphatic rings. The molecule has 3 heterocycles. The number of para-hydroxylation sites is 2. The monoisotopic (exact) mass is 590 g/mol. The van der Waals surface area contributed by atoms with Crippen molar-refractivity contribution in [1.29, 1.82) is 0 Å². The fourth-order valence-electron chi connectivity index (χ4n) is 7.43. The first kappa shape index (κ1) is 24.8. The number of thiophene rings is 1. The third-order valence-electron chi connectivity index (χ3n) is 9.30. The van der Waals surface area contributed by atoms with E-state index >= 15 is 0 Å². The maximum absolute atomic E-state index is 2.49. The van der Waals surface area contributed by atoms with Gasteiger partial charge in [0.15, 0.2) is 0 Å². The van der Waals surface area contributed by atoms with Crippen LogP contribution in [0.3, 0.4) is 0 Å². The molecule has 10 aromatic rings. The molecule has 0 radical (unpaired) electrons. The number of fused-ring (bicyclic) bond motifs is 10. The molecule has 7 aromatic carbocycles. The second kappa shape index (κ2) is 9.43. The predicted octanol–water partition coefficient (Wildman–Crippen LogP) is 11.9. The lowest BCUT2D eigenvalue weighted by Gasteiger charge is -2.12. The molecule has 0 fully saturated rings. The molecule has 0 atom stereocenters. The van der Waals surface area contributed by atoms with Gasteiger partial charge in [0.05, 0.1) is 27.8 Å². The van der Waals surface area contributed by atoms with E-state index in [0.717, 1.165) is 5.69 Å². The topological polar surface area (TPSA) is 9.86 Å². The summed E-state index contributed by atoms with van der Waals surface area (Å²) in [4.78, 5) is 0. The van der Waals surface area contributed by atoms with Gasteiger partial charge in [0.2, 0.25) is 0 Å². The van der Waals surface area contributed by atoms with Gasteiger partial charge in [-0.05, 0) is 59.7 Å². The van der Waals surface area contributed by atoms with Crippen molar-refractivity contribution in [3.8, 4) is 22.5 Å². The summed E-state index contributed by atoms with van der Waals surface area (Å²) in [7, 11) is 0. The van der Waals surface area contributed by atoms with Crippen molar-refractivity contribution in [1.82, 2.24) is 9.13 Å². The predicted molar refractivity (Wildman–Crippen MR) is 193 cm³/mol. The van der Waals surface area contributed by atoms with Crippen LogP contribution in [0.25, 0.3) is 86.3 Å². The Hall–Kier alpha value is -5.64. The highest BCUT2D eigenvalue weighted by molar-refractivity contribution is 7.25. The maximum atomic E-state index is 2.49. The molecule has 0 unspecified atom stereocenters. The minimum Gasteiger partial charge on any atom is -0.309 e. The molecule has 0 aliphatic carbocycles. The molecule has 0 amide bonds. The molecular formula is C42H26N2S. The quantitative estimate of drug-likeness (QED) is 0.194. The first-order valence-electron chi connectivity index (χ1n) is 15.4. The van der Waals surface area contributed by atoms with Crippen LogP contribution < -0.4 is 0 Å². The maximum Gasteiger partial charge on any atom is 0.0641 e. The molecule has 210 valence electrons. The van der Waals surface area contributed by atoms with Crippen molar-refractivity contribution in [2.45, 2.75) is 0 Å². The number of rotatable bonds is 3. The Labute approximate surface area is 263 Å². The molecule has 0 N–H and O–H groups in total. The zero-order chi connectivity index (χ0) is 29.5. The van der Waals surface area contributed by atoms with Crippen molar-refractivity contribution in [2.75, 3.05) is 0 Å². The van der Waals surface area contributed by atoms with E-state index in [2.05, 4.69) is 167 Å². The Bertz CT molecular complexity index is 2760. The number of nitrogens with zero attached hydrogens (tertiary/aromatic N) is 2. The van der Waals surface area contributed by atoms with Crippen molar-refractivity contribution in [2.24, 2.45) is 0 Å². The van der Waals surface area contributed by atoms with E-state index in [1.807, 2.05) is 11.3 Å². The van der Waals surface area contributed by atoms with Gasteiger partial charge in [-0.1, -0.05) is 109 Å². The lowest BCUT2D eigenvalue weighted by atomic mass is 10.0. The lowest BCUT2D eigenvalue weighted by molar-refractivity contribution is 1.18. The van der Waals surface area contributed by atoms with Crippen molar-refractivity contribution >= 4 is 75.1 Å². The van der Waals surface area contributed by atoms with Crippen molar-refractivity contribution in [3.05, 3.63) is 158 Å². The van der Waals surface area contributed by atoms with Crippen molar-refractivity contribution in [3.63, 3.8) is 0 Å². The SMILES string of the molecule is c1ccc(-c2cccc(-n3c4ccccc4c4ccc5c(c6ccccc6n5-c5cccc6sc7ccccc7c56)c43)c2)cc1. The average molecular weight is 591 g/mol. The second-order valence-corrected chi connectivity index (χ2v) is 12.8. The molecule has 0 saturated carbocycles. The molecule has 10 rings (SSSR count). The van der Waals surface area contributed by atoms with Crippen LogP contribution in [0.2, 0.25) is 0 Å². The van der Waals surface area contributed by atoms with Crippen LogP contribution in [0, 0.1) is 0 Å². The van der Waals surface area contributed by atoms with E-state index in [9.17, 15) is 0 Å². The highest BCUT2D eigenvalue weighted by atomic mass is 32.1. The minimum absolute atomic E-state index is 1.16. The first-order chi connectivity index (χ1) is 22.3. The van der Waals surface area contributed by atoms with Crippen molar-refractivity contribution < 1.29 is 0 Å². The van der Waals surface area contributed by atoms with E-state index in [4.69, 9.17) is 0 Å². The fraction of sp³-hybridized carbons (Fsp3) is 0. The van der Waals surface area contributed by atoms with Crippen LogP contribution in [-0.2, 0) is 0 Å². The van der Waals surface area contributed by atoms with Crippen LogP contribution in [0.4, 0.5) is 0 Å². The summed E-state index contributed by atoms with van der Waals surface area (Å²) in [6.07, 6.45) is 0. The Morgan fingerprint density at radius 2 is 1.04 bits per heavy atom. The van der Waals surface area contributed by atoms with Gasteiger partial charge in [0, 0.05) is 47.4 Å². The molecular weight excluding hydrogens is 565 g/mol.